The van der Waals surface area contributed by atoms with Crippen LogP contribution in [0.5, 0.6) is 11.5 Å². The van der Waals surface area contributed by atoms with Crippen LogP contribution in [0, 0.1) is 5.82 Å². The number of rotatable bonds is 5. The number of aldehydes is 1. The van der Waals surface area contributed by atoms with Gasteiger partial charge in [0.15, 0.2) is 17.8 Å². The van der Waals surface area contributed by atoms with E-state index >= 15 is 0 Å². The summed E-state index contributed by atoms with van der Waals surface area (Å²) in [4.78, 5) is 41.0. The van der Waals surface area contributed by atoms with E-state index in [-0.39, 0.29) is 22.6 Å². The first-order valence-corrected chi connectivity index (χ1v) is 12.3. The maximum Gasteiger partial charge on any atom is 0.255 e. The number of aromatic nitrogens is 1. The Morgan fingerprint density at radius 2 is 1.46 bits per heavy atom. The number of nitrogens with zero attached hydrogens (tertiary/aromatic N) is 1. The van der Waals surface area contributed by atoms with Gasteiger partial charge in [-0.1, -0.05) is 6.07 Å². The van der Waals surface area contributed by atoms with E-state index in [0.717, 1.165) is 6.07 Å². The summed E-state index contributed by atoms with van der Waals surface area (Å²) in [6.07, 6.45) is 0.643. The quantitative estimate of drug-likeness (QED) is 0.291. The zero-order chi connectivity index (χ0) is 27.9. The van der Waals surface area contributed by atoms with Crippen LogP contribution in [0.2, 0.25) is 0 Å². The molecule has 0 saturated carbocycles. The van der Waals surface area contributed by atoms with Gasteiger partial charge in [-0.3, -0.25) is 14.4 Å². The Hall–Kier alpha value is -4.53. The summed E-state index contributed by atoms with van der Waals surface area (Å²) in [6, 6.07) is 16.8. The van der Waals surface area contributed by atoms with Crippen molar-refractivity contribution >= 4 is 71.8 Å². The standard InChI is InChI=1S/C26H22B4FN3O5/c27-25(28)26(29,30)39-22-10-15(3-8-21(22)38-25)23(36)33-16-5-6-18(31)20(11-16)34-24(37)14-2-7-19-13(9-14)1-4-17(12-35)32-19/h1-12H,27-30H2,(H,33,36)(H,34,37). The fraction of sp³-hybridized carbons (Fsp3) is 0.0769. The van der Waals surface area contributed by atoms with Crippen molar-refractivity contribution in [3.63, 3.8) is 0 Å². The SMILES string of the molecule is BC1(B)Oc2ccc(C(=O)Nc3ccc(F)c(NC(=O)c4ccc5nc(C=O)ccc5c4)c3)cc2OC1(B)B. The van der Waals surface area contributed by atoms with Crippen LogP contribution in [-0.2, 0) is 0 Å². The van der Waals surface area contributed by atoms with Gasteiger partial charge in [0, 0.05) is 22.2 Å². The monoisotopic (exact) mass is 519 g/mol. The highest BCUT2D eigenvalue weighted by atomic mass is 19.1. The molecule has 1 aliphatic rings. The molecule has 2 N–H and O–H groups in total. The van der Waals surface area contributed by atoms with Gasteiger partial charge >= 0.3 is 0 Å². The summed E-state index contributed by atoms with van der Waals surface area (Å²) in [5.41, 5.74) is 1.63. The van der Waals surface area contributed by atoms with E-state index in [2.05, 4.69) is 15.6 Å². The molecule has 1 aliphatic heterocycles. The molecule has 39 heavy (non-hydrogen) atoms. The Balaban J connectivity index is 1.32. The zero-order valence-corrected chi connectivity index (χ0v) is 21.8. The number of ether oxygens (including phenoxy) is 2. The van der Waals surface area contributed by atoms with Crippen LogP contribution in [-0.4, -0.2) is 65.3 Å². The highest BCUT2D eigenvalue weighted by molar-refractivity contribution is 6.53. The van der Waals surface area contributed by atoms with Crippen molar-refractivity contribution < 1.29 is 28.2 Å². The number of anilines is 2. The number of nitrogens with one attached hydrogen (secondary N) is 2. The summed E-state index contributed by atoms with van der Waals surface area (Å²) in [6.45, 7) is 0. The van der Waals surface area contributed by atoms with Crippen molar-refractivity contribution in [3.8, 4) is 11.5 Å². The molecule has 0 unspecified atom stereocenters. The lowest BCUT2D eigenvalue weighted by molar-refractivity contribution is 0.0616. The molecule has 4 aromatic rings. The number of amides is 2. The van der Waals surface area contributed by atoms with Crippen molar-refractivity contribution in [3.05, 3.63) is 89.4 Å². The lowest BCUT2D eigenvalue weighted by atomic mass is 9.41. The van der Waals surface area contributed by atoms with Gasteiger partial charge in [-0.05, 0) is 60.7 Å². The van der Waals surface area contributed by atoms with E-state index in [1.165, 1.54) is 18.2 Å². The molecule has 0 atom stereocenters. The van der Waals surface area contributed by atoms with Crippen molar-refractivity contribution in [1.29, 1.82) is 0 Å². The topological polar surface area (TPSA) is 107 Å². The first-order chi connectivity index (χ1) is 18.5. The molecule has 2 amide bonds. The van der Waals surface area contributed by atoms with Crippen LogP contribution in [0.1, 0.15) is 31.2 Å². The van der Waals surface area contributed by atoms with E-state index in [1.807, 2.05) is 31.4 Å². The van der Waals surface area contributed by atoms with Crippen molar-refractivity contribution in [2.45, 2.75) is 10.8 Å². The fourth-order valence-corrected chi connectivity index (χ4v) is 4.05. The number of benzene rings is 3. The van der Waals surface area contributed by atoms with Gasteiger partial charge in [-0.25, -0.2) is 9.37 Å². The molecule has 0 aliphatic carbocycles. The predicted octanol–water partition coefficient (Wildman–Crippen LogP) is 0.302. The normalized spacial score (nSPS) is 14.8. The summed E-state index contributed by atoms with van der Waals surface area (Å²) in [5.74, 6) is -0.660. The largest absolute Gasteiger partial charge is 0.499 e. The van der Waals surface area contributed by atoms with Crippen LogP contribution < -0.4 is 20.1 Å². The van der Waals surface area contributed by atoms with Gasteiger partial charge in [-0.2, -0.15) is 0 Å². The molecule has 0 spiro atoms. The third-order valence-corrected chi connectivity index (χ3v) is 6.95. The summed E-state index contributed by atoms with van der Waals surface area (Å²) in [5, 5.41) is 4.73. The smallest absolute Gasteiger partial charge is 0.255 e. The van der Waals surface area contributed by atoms with E-state index in [0.29, 0.717) is 34.3 Å². The second-order valence-electron chi connectivity index (χ2n) is 10.3. The number of carbonyl (C=O) groups excluding carboxylic acids is 3. The first kappa shape index (κ1) is 26.1. The second-order valence-corrected chi connectivity index (χ2v) is 10.3. The first-order valence-electron chi connectivity index (χ1n) is 12.3. The lowest BCUT2D eigenvalue weighted by Gasteiger charge is -2.47. The minimum Gasteiger partial charge on any atom is -0.499 e. The lowest BCUT2D eigenvalue weighted by Crippen LogP contribution is -2.65. The molecule has 190 valence electrons. The van der Waals surface area contributed by atoms with Gasteiger partial charge in [0.1, 0.15) is 42.9 Å². The zero-order valence-electron chi connectivity index (χ0n) is 21.8. The molecule has 5 rings (SSSR count). The highest BCUT2D eigenvalue weighted by Gasteiger charge is 2.44. The third kappa shape index (κ3) is 5.12. The molecular formula is C26H22B4FN3O5. The van der Waals surface area contributed by atoms with Crippen molar-refractivity contribution in [1.82, 2.24) is 4.98 Å². The minimum atomic E-state index is -0.663. The Bertz CT molecular complexity index is 1660. The Morgan fingerprint density at radius 1 is 0.795 bits per heavy atom. The molecule has 0 bridgehead atoms. The van der Waals surface area contributed by atoms with Crippen molar-refractivity contribution in [2.24, 2.45) is 0 Å². The second kappa shape index (κ2) is 9.65. The van der Waals surface area contributed by atoms with Crippen LogP contribution in [0.25, 0.3) is 10.9 Å². The molecule has 8 nitrogen and oxygen atoms in total. The molecule has 0 radical (unpaired) electrons. The van der Waals surface area contributed by atoms with E-state index in [4.69, 9.17) is 9.47 Å². The van der Waals surface area contributed by atoms with Crippen LogP contribution in [0.3, 0.4) is 0 Å². The van der Waals surface area contributed by atoms with E-state index in [1.54, 1.807) is 42.5 Å². The molecule has 3 aromatic carbocycles. The fourth-order valence-electron chi connectivity index (χ4n) is 4.05. The molecule has 13 heteroatoms. The van der Waals surface area contributed by atoms with E-state index < -0.39 is 28.4 Å². The summed E-state index contributed by atoms with van der Waals surface area (Å²) < 4.78 is 26.7. The van der Waals surface area contributed by atoms with Gasteiger partial charge in [0.2, 0.25) is 0 Å². The van der Waals surface area contributed by atoms with Crippen LogP contribution in [0.4, 0.5) is 15.8 Å². The number of hydrogen-bond donors (Lipinski definition) is 2. The third-order valence-electron chi connectivity index (χ3n) is 6.95. The molecule has 2 heterocycles. The molecule has 0 saturated heterocycles. The number of carbonyl (C=O) groups is 3. The molecule has 0 fully saturated rings. The average molecular weight is 519 g/mol. The average Bonchev–Trinajstić information content (AvgIpc) is 2.89. The maximum atomic E-state index is 14.6. The van der Waals surface area contributed by atoms with Gasteiger partial charge in [-0.15, -0.1) is 0 Å². The summed E-state index contributed by atoms with van der Waals surface area (Å²) >= 11 is 0. The number of fused-ring (bicyclic) bond motifs is 2. The predicted molar refractivity (Wildman–Crippen MR) is 157 cm³/mol. The number of hydrogen-bond acceptors (Lipinski definition) is 6. The van der Waals surface area contributed by atoms with Gasteiger partial charge < -0.3 is 20.1 Å². The van der Waals surface area contributed by atoms with Crippen LogP contribution >= 0.6 is 0 Å². The van der Waals surface area contributed by atoms with Crippen LogP contribution in [0.15, 0.2) is 66.7 Å². The maximum absolute atomic E-state index is 14.6. The van der Waals surface area contributed by atoms with Gasteiger partial charge in [0.05, 0.1) is 22.0 Å². The molecular weight excluding hydrogens is 497 g/mol. The minimum absolute atomic E-state index is 0.0986. The Kier molecular flexibility index (Phi) is 6.46. The van der Waals surface area contributed by atoms with Gasteiger partial charge in [0.25, 0.3) is 11.8 Å². The number of halogens is 1. The highest BCUT2D eigenvalue weighted by Crippen LogP contribution is 2.39. The number of pyridine rings is 1. The molecule has 1 aromatic heterocycles. The van der Waals surface area contributed by atoms with E-state index in [9.17, 15) is 18.8 Å². The van der Waals surface area contributed by atoms with Crippen molar-refractivity contribution in [2.75, 3.05) is 10.6 Å². The Labute approximate surface area is 227 Å². The Morgan fingerprint density at radius 3 is 2.21 bits per heavy atom. The summed E-state index contributed by atoms with van der Waals surface area (Å²) in [7, 11) is 7.69.